The molecule has 1 aliphatic rings. The van der Waals surface area contributed by atoms with Crippen LogP contribution in [0.1, 0.15) is 6.42 Å². The van der Waals surface area contributed by atoms with Gasteiger partial charge in [0.15, 0.2) is 17.3 Å². The van der Waals surface area contributed by atoms with Crippen molar-refractivity contribution in [1.29, 1.82) is 0 Å². The monoisotopic (exact) mass is 438 g/mol. The van der Waals surface area contributed by atoms with Crippen molar-refractivity contribution in [3.05, 3.63) is 47.2 Å². The highest BCUT2D eigenvalue weighted by molar-refractivity contribution is 6.31. The van der Waals surface area contributed by atoms with Crippen LogP contribution in [0.25, 0.3) is 10.9 Å². The lowest BCUT2D eigenvalue weighted by molar-refractivity contribution is 0.0709. The molecule has 2 atom stereocenters. The number of aromatic nitrogens is 2. The molecule has 6 nitrogen and oxygen atoms in total. The van der Waals surface area contributed by atoms with Gasteiger partial charge in [-0.05, 0) is 31.2 Å². The maximum Gasteiger partial charge on any atom is 0.168 e. The minimum absolute atomic E-state index is 0.0538. The molecule has 0 spiro atoms. The van der Waals surface area contributed by atoms with Gasteiger partial charge in [-0.1, -0.05) is 11.6 Å². The molecule has 0 radical (unpaired) electrons. The number of nitrogens with zero attached hydrogens (tertiary/aromatic N) is 2. The Hall–Kier alpha value is -2.78. The first kappa shape index (κ1) is 20.5. The van der Waals surface area contributed by atoms with Gasteiger partial charge in [-0.3, -0.25) is 0 Å². The van der Waals surface area contributed by atoms with Gasteiger partial charge in [0.05, 0.1) is 18.3 Å². The summed E-state index contributed by atoms with van der Waals surface area (Å²) in [6.07, 6.45) is -0.0120. The second-order valence-corrected chi connectivity index (χ2v) is 7.13. The van der Waals surface area contributed by atoms with Crippen LogP contribution < -0.4 is 20.1 Å². The number of rotatable bonds is 5. The van der Waals surface area contributed by atoms with E-state index in [9.17, 15) is 13.2 Å². The van der Waals surface area contributed by atoms with Crippen molar-refractivity contribution < 1.29 is 22.6 Å². The molecule has 1 fully saturated rings. The van der Waals surface area contributed by atoms with Crippen LogP contribution in [0.3, 0.4) is 0 Å². The van der Waals surface area contributed by atoms with Gasteiger partial charge >= 0.3 is 0 Å². The van der Waals surface area contributed by atoms with E-state index in [0.29, 0.717) is 35.4 Å². The summed E-state index contributed by atoms with van der Waals surface area (Å²) >= 11 is 5.65. The molecular formula is C20H18ClF3N4O2. The summed E-state index contributed by atoms with van der Waals surface area (Å²) in [5, 5.41) is 5.63. The highest BCUT2D eigenvalue weighted by Crippen LogP contribution is 2.37. The smallest absolute Gasteiger partial charge is 0.168 e. The van der Waals surface area contributed by atoms with Crippen molar-refractivity contribution in [3.8, 4) is 11.5 Å². The number of fused-ring (bicyclic) bond motifs is 1. The van der Waals surface area contributed by atoms with E-state index in [1.165, 1.54) is 19.5 Å². The van der Waals surface area contributed by atoms with Gasteiger partial charge in [-0.15, -0.1) is 0 Å². The van der Waals surface area contributed by atoms with Crippen molar-refractivity contribution >= 4 is 34.0 Å². The third kappa shape index (κ3) is 3.95. The van der Waals surface area contributed by atoms with Crippen LogP contribution in [0.4, 0.5) is 24.7 Å². The molecule has 1 aliphatic heterocycles. The number of hydrogen-bond donors (Lipinski definition) is 2. The van der Waals surface area contributed by atoms with E-state index in [4.69, 9.17) is 21.1 Å². The Morgan fingerprint density at radius 1 is 1.20 bits per heavy atom. The van der Waals surface area contributed by atoms with Gasteiger partial charge in [-0.25, -0.2) is 23.1 Å². The fraction of sp³-hybridized carbons (Fsp3) is 0.300. The zero-order valence-electron chi connectivity index (χ0n) is 15.9. The predicted molar refractivity (Wildman–Crippen MR) is 108 cm³/mol. The second-order valence-electron chi connectivity index (χ2n) is 6.76. The van der Waals surface area contributed by atoms with E-state index in [2.05, 4.69) is 20.6 Å². The van der Waals surface area contributed by atoms with E-state index in [1.807, 2.05) is 0 Å². The largest absolute Gasteiger partial charge is 0.493 e. The predicted octanol–water partition coefficient (Wildman–Crippen LogP) is 4.39. The van der Waals surface area contributed by atoms with Crippen molar-refractivity contribution in [3.63, 3.8) is 0 Å². The number of benzene rings is 2. The molecule has 0 saturated carbocycles. The van der Waals surface area contributed by atoms with E-state index in [1.54, 1.807) is 12.1 Å². The summed E-state index contributed by atoms with van der Waals surface area (Å²) in [5.41, 5.74) is 0.439. The molecule has 3 aromatic rings. The summed E-state index contributed by atoms with van der Waals surface area (Å²) in [7, 11) is 1.47. The van der Waals surface area contributed by atoms with Crippen LogP contribution in [0.5, 0.6) is 11.5 Å². The first-order valence-electron chi connectivity index (χ1n) is 9.22. The molecule has 2 aromatic carbocycles. The molecule has 1 saturated heterocycles. The van der Waals surface area contributed by atoms with E-state index >= 15 is 0 Å². The summed E-state index contributed by atoms with van der Waals surface area (Å²) in [6.45, 7) is 0.850. The minimum atomic E-state index is -1.17. The molecule has 4 rings (SSSR count). The lowest BCUT2D eigenvalue weighted by Gasteiger charge is -2.28. The number of piperidine rings is 1. The summed E-state index contributed by atoms with van der Waals surface area (Å²) in [6, 6.07) is 5.50. The number of alkyl halides is 1. The van der Waals surface area contributed by atoms with Crippen molar-refractivity contribution in [2.45, 2.75) is 18.7 Å². The lowest BCUT2D eigenvalue weighted by atomic mass is 10.1. The molecule has 2 unspecified atom stereocenters. The molecule has 0 aliphatic carbocycles. The number of hydrogen-bond acceptors (Lipinski definition) is 6. The first-order valence-corrected chi connectivity index (χ1v) is 9.60. The average molecular weight is 439 g/mol. The number of anilines is 2. The van der Waals surface area contributed by atoms with Crippen LogP contribution in [0.2, 0.25) is 5.02 Å². The van der Waals surface area contributed by atoms with Crippen molar-refractivity contribution in [1.82, 2.24) is 15.3 Å². The molecule has 2 heterocycles. The molecule has 0 amide bonds. The third-order valence-electron chi connectivity index (χ3n) is 4.84. The van der Waals surface area contributed by atoms with E-state index in [0.717, 1.165) is 6.07 Å². The Morgan fingerprint density at radius 2 is 2.03 bits per heavy atom. The number of nitrogens with one attached hydrogen (secondary N) is 2. The van der Waals surface area contributed by atoms with Gasteiger partial charge in [-0.2, -0.15) is 0 Å². The second kappa shape index (κ2) is 8.53. The number of ether oxygens (including phenoxy) is 2. The average Bonchev–Trinajstić information content (AvgIpc) is 2.75. The zero-order valence-corrected chi connectivity index (χ0v) is 16.6. The molecule has 158 valence electrons. The zero-order chi connectivity index (χ0) is 21.3. The summed E-state index contributed by atoms with van der Waals surface area (Å²) < 4.78 is 53.3. The lowest BCUT2D eigenvalue weighted by Crippen LogP contribution is -2.44. The molecule has 10 heteroatoms. The SMILES string of the molecule is COc1cc2ncnc(Nc3ccc(F)c(Cl)c3F)c2cc1OC1CCNCC1F. The minimum Gasteiger partial charge on any atom is -0.493 e. The summed E-state index contributed by atoms with van der Waals surface area (Å²) in [5.74, 6) is -0.862. The molecule has 2 N–H and O–H groups in total. The Labute approximate surface area is 175 Å². The highest BCUT2D eigenvalue weighted by Gasteiger charge is 2.27. The Balaban J connectivity index is 1.73. The fourth-order valence-corrected chi connectivity index (χ4v) is 3.42. The van der Waals surface area contributed by atoms with E-state index < -0.39 is 28.9 Å². The molecule has 30 heavy (non-hydrogen) atoms. The van der Waals surface area contributed by atoms with Crippen molar-refractivity contribution in [2.24, 2.45) is 0 Å². The van der Waals surface area contributed by atoms with Gasteiger partial charge in [0.1, 0.15) is 35.3 Å². The maximum atomic E-state index is 14.3. The van der Waals surface area contributed by atoms with Gasteiger partial charge < -0.3 is 20.1 Å². The normalized spacial score (nSPS) is 19.0. The Bertz CT molecular complexity index is 1090. The summed E-state index contributed by atoms with van der Waals surface area (Å²) in [4.78, 5) is 8.35. The third-order valence-corrected chi connectivity index (χ3v) is 5.18. The standard InChI is InChI=1S/C20H18ClF3N4O2/c1-29-16-7-14-10(6-17(16)30-15-4-5-25-8-12(15)23)20(27-9-26-14)28-13-3-2-11(22)18(21)19(13)24/h2-3,6-7,9,12,15,25H,4-5,8H2,1H3,(H,26,27,28). The van der Waals surface area contributed by atoms with Crippen LogP contribution in [-0.4, -0.2) is 42.4 Å². The fourth-order valence-electron chi connectivity index (χ4n) is 3.26. The topological polar surface area (TPSA) is 68.3 Å². The number of halogens is 4. The highest BCUT2D eigenvalue weighted by atomic mass is 35.5. The van der Waals surface area contributed by atoms with Gasteiger partial charge in [0, 0.05) is 18.0 Å². The Kier molecular flexibility index (Phi) is 5.83. The van der Waals surface area contributed by atoms with Crippen molar-refractivity contribution in [2.75, 3.05) is 25.5 Å². The maximum absolute atomic E-state index is 14.3. The van der Waals surface area contributed by atoms with Crippen LogP contribution >= 0.6 is 11.6 Å². The molecule has 0 bridgehead atoms. The Morgan fingerprint density at radius 3 is 2.80 bits per heavy atom. The van der Waals surface area contributed by atoms with Crippen LogP contribution in [0.15, 0.2) is 30.6 Å². The van der Waals surface area contributed by atoms with Gasteiger partial charge in [0.2, 0.25) is 0 Å². The van der Waals surface area contributed by atoms with Gasteiger partial charge in [0.25, 0.3) is 0 Å². The van der Waals surface area contributed by atoms with E-state index in [-0.39, 0.29) is 18.1 Å². The molecule has 1 aromatic heterocycles. The number of methoxy groups -OCH3 is 1. The molecular weight excluding hydrogens is 421 g/mol. The first-order chi connectivity index (χ1) is 14.5. The van der Waals surface area contributed by atoms with Crippen LogP contribution in [0, 0.1) is 11.6 Å². The quantitative estimate of drug-likeness (QED) is 0.576. The van der Waals surface area contributed by atoms with Crippen LogP contribution in [-0.2, 0) is 0 Å².